The molecule has 406 valence electrons. The van der Waals surface area contributed by atoms with Gasteiger partial charge in [-0.1, -0.05) is 161 Å². The van der Waals surface area contributed by atoms with E-state index in [1.165, 1.54) is 88.9 Å². The van der Waals surface area contributed by atoms with E-state index >= 15 is 0 Å². The molecule has 0 radical (unpaired) electrons. The van der Waals surface area contributed by atoms with Gasteiger partial charge in [0, 0.05) is 94.2 Å². The van der Waals surface area contributed by atoms with E-state index in [1.54, 1.807) is 23.5 Å². The maximum atomic E-state index is 14.1. The topological polar surface area (TPSA) is 111 Å². The van der Waals surface area contributed by atoms with Gasteiger partial charge in [-0.2, -0.15) is 8.75 Å². The highest BCUT2D eigenvalue weighted by Gasteiger charge is 2.34. The molecule has 1 atom stereocenters. The zero-order valence-electron chi connectivity index (χ0n) is 46.4. The number of rotatable bonds is 28. The van der Waals surface area contributed by atoms with Gasteiger partial charge in [0.2, 0.25) is 0 Å². The Balaban J connectivity index is 1.03. The Labute approximate surface area is 472 Å². The number of fused-ring (bicyclic) bond motifs is 4. The van der Waals surface area contributed by atoms with Crippen LogP contribution in [0.3, 0.4) is 0 Å². The average molecular weight is 1100 g/mol. The van der Waals surface area contributed by atoms with Gasteiger partial charge in [-0.25, -0.2) is 0 Å². The minimum Gasteiger partial charge on any atom is -0.340 e. The number of imide groups is 1. The number of aryl methyl sites for hydroxylation is 2. The zero-order valence-corrected chi connectivity index (χ0v) is 48.8. The van der Waals surface area contributed by atoms with E-state index in [2.05, 4.69) is 93.8 Å². The maximum Gasteiger partial charge on any atom is 0.270 e. The monoisotopic (exact) mass is 1100 g/mol. The molecule has 1 unspecified atom stereocenters. The first-order valence-corrected chi connectivity index (χ1v) is 31.7. The Hall–Kier alpha value is -6.08. The quantitative estimate of drug-likeness (QED) is 0.0209. The van der Waals surface area contributed by atoms with Crippen molar-refractivity contribution in [2.45, 2.75) is 170 Å². The molecule has 0 bridgehead atoms. The van der Waals surface area contributed by atoms with Crippen molar-refractivity contribution < 1.29 is 14.5 Å². The number of nitro groups is 1. The molecule has 0 saturated carbocycles. The summed E-state index contributed by atoms with van der Waals surface area (Å²) in [4.78, 5) is 46.3. The van der Waals surface area contributed by atoms with Crippen molar-refractivity contribution in [1.82, 2.24) is 18.2 Å². The van der Waals surface area contributed by atoms with Crippen molar-refractivity contribution in [1.29, 1.82) is 0 Å². The van der Waals surface area contributed by atoms with Crippen LogP contribution in [0.15, 0.2) is 91.0 Å². The lowest BCUT2D eigenvalue weighted by Gasteiger charge is -2.28. The van der Waals surface area contributed by atoms with Gasteiger partial charge >= 0.3 is 0 Å². The first-order chi connectivity index (χ1) is 38.2. The fraction of sp³-hybridized carbons (Fsp3) is 0.424. The number of unbranched alkanes of at least 4 members (excludes halogenated alkanes) is 12. The lowest BCUT2D eigenvalue weighted by atomic mass is 9.89. The molecular weight excluding hydrogens is 1020 g/mol. The zero-order chi connectivity index (χ0) is 54.3. The van der Waals surface area contributed by atoms with Crippen molar-refractivity contribution >= 4 is 95.5 Å². The lowest BCUT2D eigenvalue weighted by molar-refractivity contribution is -0.384. The van der Waals surface area contributed by atoms with Gasteiger partial charge in [0.15, 0.2) is 0 Å². The Morgan fingerprint density at radius 2 is 1.10 bits per heavy atom. The second-order valence-electron chi connectivity index (χ2n) is 21.8. The van der Waals surface area contributed by atoms with E-state index < -0.39 is 0 Å². The number of thiophene rings is 2. The number of non-ortho nitro benzene ring substituents is 1. The molecule has 4 aromatic heterocycles. The minimum absolute atomic E-state index is 0.114. The maximum absolute atomic E-state index is 14.1. The smallest absolute Gasteiger partial charge is 0.270 e. The number of carbonyl (C=O) groups is 2. The Morgan fingerprint density at radius 1 is 0.551 bits per heavy atom. The van der Waals surface area contributed by atoms with Crippen LogP contribution < -0.4 is 0 Å². The van der Waals surface area contributed by atoms with Crippen molar-refractivity contribution in [3.8, 4) is 41.8 Å². The molecule has 0 saturated heterocycles. The third-order valence-corrected chi connectivity index (χ3v) is 19.5. The minimum atomic E-state index is -0.277. The van der Waals surface area contributed by atoms with Crippen LogP contribution in [0.1, 0.15) is 182 Å². The predicted molar refractivity (Wildman–Crippen MR) is 330 cm³/mol. The molecule has 2 amide bonds. The molecule has 12 heteroatoms. The number of hydrogen-bond acceptors (Lipinski definition) is 9. The molecule has 9 nitrogen and oxygen atoms in total. The van der Waals surface area contributed by atoms with Crippen molar-refractivity contribution in [2.24, 2.45) is 5.92 Å². The van der Waals surface area contributed by atoms with Crippen LogP contribution in [0.25, 0.3) is 85.4 Å². The highest BCUT2D eigenvalue weighted by molar-refractivity contribution is 7.19. The fourth-order valence-electron chi connectivity index (χ4n) is 12.0. The van der Waals surface area contributed by atoms with E-state index in [-0.39, 0.29) is 22.4 Å². The SMILES string of the molecule is CCCCCCCCN1C(=O)c2cccc3c(-c4sc(-c5ccc(-c6cc(CCCCCC)c(-c7ccc8c(c7)c7cc([N+](=O)[O-])ccc7n8CC(CC)CCCC)s6)c6nsnc56)cc4CCCCCC)ccc(c23)C1=O. The largest absolute Gasteiger partial charge is 0.340 e. The molecule has 1 aliphatic rings. The number of aromatic nitrogens is 3. The molecule has 5 heterocycles. The molecule has 5 aromatic carbocycles. The van der Waals surface area contributed by atoms with Crippen LogP contribution in [0.5, 0.6) is 0 Å². The Kier molecular flexibility index (Phi) is 18.0. The molecular formula is C66H75N5O4S3. The molecule has 78 heavy (non-hydrogen) atoms. The van der Waals surface area contributed by atoms with Crippen LogP contribution in [-0.4, -0.2) is 41.5 Å². The summed E-state index contributed by atoms with van der Waals surface area (Å²) in [7, 11) is 0. The van der Waals surface area contributed by atoms with Crippen molar-refractivity contribution in [2.75, 3.05) is 6.54 Å². The molecule has 0 N–H and O–H groups in total. The summed E-state index contributed by atoms with van der Waals surface area (Å²) in [5.74, 6) is 0.145. The summed E-state index contributed by atoms with van der Waals surface area (Å²) in [5.41, 5.74) is 12.2. The van der Waals surface area contributed by atoms with E-state index in [9.17, 15) is 19.7 Å². The second kappa shape index (κ2) is 25.4. The summed E-state index contributed by atoms with van der Waals surface area (Å²) in [6.45, 7) is 12.6. The van der Waals surface area contributed by atoms with Crippen LogP contribution in [-0.2, 0) is 19.4 Å². The van der Waals surface area contributed by atoms with E-state index in [0.717, 1.165) is 159 Å². The predicted octanol–water partition coefficient (Wildman–Crippen LogP) is 20.1. The van der Waals surface area contributed by atoms with Crippen LogP contribution >= 0.6 is 34.4 Å². The molecule has 0 spiro atoms. The van der Waals surface area contributed by atoms with E-state index in [4.69, 9.17) is 8.75 Å². The summed E-state index contributed by atoms with van der Waals surface area (Å²) >= 11 is 4.84. The highest BCUT2D eigenvalue weighted by atomic mass is 32.1. The second-order valence-corrected chi connectivity index (χ2v) is 24.4. The Bertz CT molecular complexity index is 3600. The highest BCUT2D eigenvalue weighted by Crippen LogP contribution is 2.48. The standard InChI is InChI=1S/C66H75N5O4S3/c1-6-11-15-18-19-22-37-69-65(72)52-28-23-27-48-49(31-34-53(60(48)52)66(69)73)64-45(26-21-17-13-8-3)40-59(77-64)51-33-32-50(61-62(51)68-78-67-61)58-39-44(25-20-16-12-7-2)63(76-58)46-29-35-56-54(38-46)55-41-47(71(74)75)30-36-57(55)70(56)42-43(10-5)24-14-9-4/h23,27-36,38-41,43H,6-22,24-26,37,42H2,1-5H3. The summed E-state index contributed by atoms with van der Waals surface area (Å²) in [6.07, 6.45) is 22.2. The number of carbonyl (C=O) groups excluding carboxylic acids is 2. The average Bonchev–Trinajstić information content (AvgIpc) is 4.33. The van der Waals surface area contributed by atoms with Crippen LogP contribution in [0, 0.1) is 16.0 Å². The van der Waals surface area contributed by atoms with Gasteiger partial charge in [0.05, 0.1) is 16.7 Å². The summed E-state index contributed by atoms with van der Waals surface area (Å²) in [5, 5.41) is 15.9. The lowest BCUT2D eigenvalue weighted by Crippen LogP contribution is -2.40. The van der Waals surface area contributed by atoms with Gasteiger partial charge in [0.25, 0.3) is 17.5 Å². The van der Waals surface area contributed by atoms with E-state index in [0.29, 0.717) is 23.6 Å². The summed E-state index contributed by atoms with van der Waals surface area (Å²) < 4.78 is 12.5. The Morgan fingerprint density at radius 3 is 1.74 bits per heavy atom. The fourth-order valence-corrected chi connectivity index (χ4v) is 15.1. The number of nitro benzene ring substituents is 1. The van der Waals surface area contributed by atoms with Gasteiger partial charge < -0.3 is 4.57 Å². The van der Waals surface area contributed by atoms with Gasteiger partial charge in [-0.3, -0.25) is 24.6 Å². The summed E-state index contributed by atoms with van der Waals surface area (Å²) in [6, 6.07) is 31.5. The third-order valence-electron chi connectivity index (χ3n) is 16.4. The normalized spacial score (nSPS) is 13.1. The number of nitrogens with zero attached hydrogens (tertiary/aromatic N) is 5. The number of hydrogen-bond donors (Lipinski definition) is 0. The van der Waals surface area contributed by atoms with Crippen molar-refractivity contribution in [3.05, 3.63) is 123 Å². The van der Waals surface area contributed by atoms with Crippen LogP contribution in [0.2, 0.25) is 0 Å². The number of amides is 2. The van der Waals surface area contributed by atoms with Crippen LogP contribution in [0.4, 0.5) is 5.69 Å². The molecule has 1 aliphatic heterocycles. The van der Waals surface area contributed by atoms with Gasteiger partial charge in [0.1, 0.15) is 11.0 Å². The first-order valence-electron chi connectivity index (χ1n) is 29.3. The molecule has 10 rings (SSSR count). The first kappa shape index (κ1) is 55.2. The van der Waals surface area contributed by atoms with Gasteiger partial charge in [-0.05, 0) is 115 Å². The molecule has 0 aliphatic carbocycles. The molecule has 9 aromatic rings. The molecule has 0 fully saturated rings. The number of benzene rings is 5. The van der Waals surface area contributed by atoms with Crippen molar-refractivity contribution in [3.63, 3.8) is 0 Å². The van der Waals surface area contributed by atoms with Gasteiger partial charge in [-0.15, -0.1) is 22.7 Å². The third kappa shape index (κ3) is 11.2. The van der Waals surface area contributed by atoms with E-state index in [1.807, 2.05) is 35.6 Å².